The van der Waals surface area contributed by atoms with Crippen molar-refractivity contribution >= 4 is 9.84 Å². The topological polar surface area (TPSA) is 54.4 Å². The molecule has 13 heteroatoms. The maximum absolute atomic E-state index is 13.0. The fraction of sp³-hybridized carbons (Fsp3) is 1.00. The summed E-state index contributed by atoms with van der Waals surface area (Å²) < 4.78 is 133. The molecule has 0 bridgehead atoms. The van der Waals surface area contributed by atoms with E-state index in [1.807, 2.05) is 0 Å². The average molecular weight is 342 g/mol. The highest BCUT2D eigenvalue weighted by Gasteiger charge is 2.85. The molecule has 0 heterocycles. The van der Waals surface area contributed by atoms with Crippen molar-refractivity contribution < 1.29 is 53.0 Å². The van der Waals surface area contributed by atoms with Crippen LogP contribution in [-0.4, -0.2) is 42.2 Å². The van der Waals surface area contributed by atoms with Gasteiger partial charge in [-0.15, -0.1) is 0 Å². The van der Waals surface area contributed by atoms with Gasteiger partial charge in [-0.2, -0.15) is 39.5 Å². The highest BCUT2D eigenvalue weighted by atomic mass is 32.2. The molecule has 0 rings (SSSR count). The van der Waals surface area contributed by atoms with Gasteiger partial charge in [-0.3, -0.25) is 0 Å². The Morgan fingerprint density at radius 2 is 1.25 bits per heavy atom. The van der Waals surface area contributed by atoms with Gasteiger partial charge in [-0.25, -0.2) is 8.42 Å². The fourth-order valence-corrected chi connectivity index (χ4v) is 2.20. The summed E-state index contributed by atoms with van der Waals surface area (Å²) in [5.41, 5.74) is -3.23. The van der Waals surface area contributed by atoms with E-state index in [9.17, 15) is 47.9 Å². The Kier molecular flexibility index (Phi) is 4.75. The number of alkyl halides is 9. The molecule has 0 amide bonds. The summed E-state index contributed by atoms with van der Waals surface area (Å²) in [6, 6.07) is 0. The van der Waals surface area contributed by atoms with Crippen LogP contribution in [0.25, 0.3) is 0 Å². The molecule has 1 atom stereocenters. The summed E-state index contributed by atoms with van der Waals surface area (Å²) in [5.74, 6) is -14.6. The van der Waals surface area contributed by atoms with Crippen LogP contribution in [0.15, 0.2) is 0 Å². The van der Waals surface area contributed by atoms with Gasteiger partial charge in [-0.05, 0) is 6.42 Å². The third-order valence-corrected chi connectivity index (χ3v) is 4.20. The molecule has 0 fully saturated rings. The molecule has 0 aromatic heterocycles. The van der Waals surface area contributed by atoms with E-state index in [0.717, 1.165) is 0 Å². The van der Waals surface area contributed by atoms with Crippen LogP contribution in [0, 0.1) is 0 Å². The van der Waals surface area contributed by atoms with Crippen LogP contribution in [0.2, 0.25) is 0 Å². The van der Waals surface area contributed by atoms with Crippen LogP contribution in [0.5, 0.6) is 0 Å². The molecule has 0 aliphatic rings. The van der Waals surface area contributed by atoms with Crippen molar-refractivity contribution in [2.24, 2.45) is 0 Å². The van der Waals surface area contributed by atoms with Gasteiger partial charge in [0.2, 0.25) is 9.84 Å². The quantitative estimate of drug-likeness (QED) is 0.782. The molecule has 0 aromatic carbocycles. The summed E-state index contributed by atoms with van der Waals surface area (Å²) >= 11 is 0. The Morgan fingerprint density at radius 1 is 0.900 bits per heavy atom. The van der Waals surface area contributed by atoms with Crippen molar-refractivity contribution in [1.82, 2.24) is 0 Å². The third kappa shape index (κ3) is 2.44. The molecule has 0 radical (unpaired) electrons. The molecule has 1 N–H and O–H groups in total. The van der Waals surface area contributed by atoms with E-state index in [4.69, 9.17) is 5.11 Å². The van der Waals surface area contributed by atoms with E-state index in [1.165, 1.54) is 0 Å². The largest absolute Gasteiger partial charge is 0.460 e. The van der Waals surface area contributed by atoms with Crippen molar-refractivity contribution in [1.29, 1.82) is 0 Å². The van der Waals surface area contributed by atoms with E-state index < -0.39 is 45.0 Å². The second-order valence-corrected chi connectivity index (χ2v) is 5.72. The van der Waals surface area contributed by atoms with Gasteiger partial charge in [0.15, 0.2) is 5.44 Å². The molecule has 122 valence electrons. The molecular weight excluding hydrogens is 335 g/mol. The second kappa shape index (κ2) is 4.93. The van der Waals surface area contributed by atoms with Gasteiger partial charge in [-0.1, -0.05) is 6.92 Å². The Morgan fingerprint density at radius 3 is 1.50 bits per heavy atom. The van der Waals surface area contributed by atoms with Crippen molar-refractivity contribution in [3.63, 3.8) is 0 Å². The first-order chi connectivity index (χ1) is 8.48. The second-order valence-electron chi connectivity index (χ2n) is 3.57. The van der Waals surface area contributed by atoms with Crippen molar-refractivity contribution in [2.75, 3.05) is 0 Å². The number of rotatable bonds is 5. The monoisotopic (exact) mass is 342 g/mol. The summed E-state index contributed by atoms with van der Waals surface area (Å²) in [4.78, 5) is 0. The molecule has 0 saturated heterocycles. The molecule has 1 unspecified atom stereocenters. The summed E-state index contributed by atoms with van der Waals surface area (Å²) in [6.45, 7) is 0.707. The first-order valence-electron chi connectivity index (χ1n) is 4.60. The maximum Gasteiger partial charge on any atom is 0.460 e. The first kappa shape index (κ1) is 19.3. The normalized spacial score (nSPS) is 17.1. The molecule has 0 aliphatic carbocycles. The van der Waals surface area contributed by atoms with Gasteiger partial charge in [0, 0.05) is 0 Å². The lowest BCUT2D eigenvalue weighted by atomic mass is 10.1. The summed E-state index contributed by atoms with van der Waals surface area (Å²) in [6.07, 6.45) is -8.24. The average Bonchev–Trinajstić information content (AvgIpc) is 2.25. The Hall–Kier alpha value is -0.720. The lowest BCUT2D eigenvalue weighted by molar-refractivity contribution is -0.382. The number of sulfone groups is 1. The molecule has 0 aromatic rings. The Balaban J connectivity index is 6.08. The highest BCUT2D eigenvalue weighted by Crippen LogP contribution is 2.55. The highest BCUT2D eigenvalue weighted by molar-refractivity contribution is 7.92. The molecule has 20 heavy (non-hydrogen) atoms. The number of hydrogen-bond donors (Lipinski definition) is 1. The van der Waals surface area contributed by atoms with Crippen molar-refractivity contribution in [3.05, 3.63) is 0 Å². The number of aliphatic hydroxyl groups excluding tert-OH is 1. The Bertz CT molecular complexity index is 453. The van der Waals surface area contributed by atoms with Crippen LogP contribution >= 0.6 is 0 Å². The summed E-state index contributed by atoms with van der Waals surface area (Å²) in [5, 5.41) is 1.80. The van der Waals surface area contributed by atoms with E-state index in [2.05, 4.69) is 0 Å². The van der Waals surface area contributed by atoms with Crippen LogP contribution in [0.4, 0.5) is 39.5 Å². The number of halogens is 9. The van der Waals surface area contributed by atoms with Crippen LogP contribution in [-0.2, 0) is 9.84 Å². The molecule has 0 saturated carbocycles. The number of aliphatic hydroxyl groups is 1. The van der Waals surface area contributed by atoms with Gasteiger partial charge in [0.1, 0.15) is 0 Å². The molecule has 0 spiro atoms. The van der Waals surface area contributed by atoms with E-state index in [0.29, 0.717) is 6.92 Å². The van der Waals surface area contributed by atoms with E-state index in [-0.39, 0.29) is 0 Å². The number of hydrogen-bond acceptors (Lipinski definition) is 3. The Labute approximate surface area is 106 Å². The van der Waals surface area contributed by atoms with E-state index in [1.54, 1.807) is 0 Å². The smallest absolute Gasteiger partial charge is 0.377 e. The maximum atomic E-state index is 13.0. The first-order valence-corrected chi connectivity index (χ1v) is 6.14. The lowest BCUT2D eigenvalue weighted by Gasteiger charge is -2.33. The minimum absolute atomic E-state index is 0.707. The zero-order valence-corrected chi connectivity index (χ0v) is 10.2. The third-order valence-electron chi connectivity index (χ3n) is 2.18. The van der Waals surface area contributed by atoms with Gasteiger partial charge < -0.3 is 5.11 Å². The zero-order chi connectivity index (χ0) is 16.8. The van der Waals surface area contributed by atoms with Crippen molar-refractivity contribution in [3.8, 4) is 0 Å². The molecular formula is C7H7F9O3S. The minimum atomic E-state index is -7.32. The molecule has 3 nitrogen and oxygen atoms in total. The van der Waals surface area contributed by atoms with Crippen molar-refractivity contribution in [2.45, 2.75) is 42.1 Å². The van der Waals surface area contributed by atoms with Crippen LogP contribution < -0.4 is 0 Å². The van der Waals surface area contributed by atoms with Gasteiger partial charge in [0.05, 0.1) is 0 Å². The SMILES string of the molecule is CCC(O)S(=O)(=O)C(F)(F)C(F)(F)C(F)(F)C(F)(F)F. The van der Waals surface area contributed by atoms with E-state index >= 15 is 0 Å². The predicted octanol–water partition coefficient (Wildman–Crippen LogP) is 2.56. The van der Waals surface area contributed by atoms with Gasteiger partial charge >= 0.3 is 23.3 Å². The lowest BCUT2D eigenvalue weighted by Crippen LogP contribution is -2.64. The minimum Gasteiger partial charge on any atom is -0.377 e. The fourth-order valence-electron chi connectivity index (χ4n) is 0.930. The standard InChI is InChI=1S/C7H7F9O3S/c1-2-3(17)20(18,19)7(15,16)5(10,11)4(8,9)6(12,13)14/h3,17H,2H2,1H3. The summed E-state index contributed by atoms with van der Waals surface area (Å²) in [7, 11) is -6.70. The van der Waals surface area contributed by atoms with Crippen LogP contribution in [0.1, 0.15) is 13.3 Å². The molecule has 0 aliphatic heterocycles. The van der Waals surface area contributed by atoms with Gasteiger partial charge in [0.25, 0.3) is 0 Å². The zero-order valence-electron chi connectivity index (χ0n) is 9.36. The predicted molar refractivity (Wildman–Crippen MR) is 46.1 cm³/mol. The van der Waals surface area contributed by atoms with Crippen LogP contribution in [0.3, 0.4) is 0 Å².